The second kappa shape index (κ2) is 5.98. The van der Waals surface area contributed by atoms with E-state index < -0.39 is 11.8 Å². The first kappa shape index (κ1) is 13.2. The first-order valence-electron chi connectivity index (χ1n) is 5.27. The highest BCUT2D eigenvalue weighted by atomic mass is 19.1. The molecule has 0 saturated carbocycles. The minimum atomic E-state index is -0.945. The van der Waals surface area contributed by atoms with Crippen LogP contribution in [0.3, 0.4) is 0 Å². The number of halogens is 1. The SMILES string of the molecule is Cc1ccc(NC(=O)CCCC(=O)O)c(F)c1. The Morgan fingerprint density at radius 3 is 2.65 bits per heavy atom. The van der Waals surface area contributed by atoms with E-state index in [0.717, 1.165) is 5.56 Å². The van der Waals surface area contributed by atoms with Crippen molar-refractivity contribution in [3.8, 4) is 0 Å². The third-order valence-electron chi connectivity index (χ3n) is 2.19. The molecule has 0 atom stereocenters. The lowest BCUT2D eigenvalue weighted by Gasteiger charge is -2.06. The van der Waals surface area contributed by atoms with Crippen molar-refractivity contribution in [3.63, 3.8) is 0 Å². The van der Waals surface area contributed by atoms with Gasteiger partial charge in [0.05, 0.1) is 5.69 Å². The van der Waals surface area contributed by atoms with Gasteiger partial charge in [-0.2, -0.15) is 0 Å². The van der Waals surface area contributed by atoms with Crippen molar-refractivity contribution in [2.75, 3.05) is 5.32 Å². The Bertz CT molecular complexity index is 432. The molecule has 1 aromatic carbocycles. The summed E-state index contributed by atoms with van der Waals surface area (Å²) in [6.07, 6.45) is 0.248. The predicted molar refractivity (Wildman–Crippen MR) is 61.3 cm³/mol. The second-order valence-electron chi connectivity index (χ2n) is 3.78. The van der Waals surface area contributed by atoms with E-state index in [0.29, 0.717) is 0 Å². The summed E-state index contributed by atoms with van der Waals surface area (Å²) in [6.45, 7) is 1.75. The van der Waals surface area contributed by atoms with Gasteiger partial charge in [-0.25, -0.2) is 4.39 Å². The maximum Gasteiger partial charge on any atom is 0.303 e. The van der Waals surface area contributed by atoms with Gasteiger partial charge < -0.3 is 10.4 Å². The van der Waals surface area contributed by atoms with Crippen LogP contribution < -0.4 is 5.32 Å². The lowest BCUT2D eigenvalue weighted by molar-refractivity contribution is -0.137. The van der Waals surface area contributed by atoms with E-state index in [9.17, 15) is 14.0 Å². The van der Waals surface area contributed by atoms with Crippen LogP contribution in [0, 0.1) is 12.7 Å². The van der Waals surface area contributed by atoms with Crippen LogP contribution in [0.15, 0.2) is 18.2 Å². The molecule has 1 rings (SSSR count). The number of aliphatic carboxylic acids is 1. The highest BCUT2D eigenvalue weighted by Gasteiger charge is 2.07. The zero-order chi connectivity index (χ0) is 12.8. The molecule has 0 unspecified atom stereocenters. The van der Waals surface area contributed by atoms with Crippen molar-refractivity contribution in [1.29, 1.82) is 0 Å². The number of carboxylic acids is 1. The Hall–Kier alpha value is -1.91. The predicted octanol–water partition coefficient (Wildman–Crippen LogP) is 2.33. The van der Waals surface area contributed by atoms with Crippen molar-refractivity contribution in [2.24, 2.45) is 0 Å². The average Bonchev–Trinajstić information content (AvgIpc) is 2.21. The molecule has 2 N–H and O–H groups in total. The van der Waals surface area contributed by atoms with Gasteiger partial charge in [0.1, 0.15) is 5.82 Å². The fourth-order valence-electron chi connectivity index (χ4n) is 1.33. The number of benzene rings is 1. The summed E-state index contributed by atoms with van der Waals surface area (Å²) in [7, 11) is 0. The van der Waals surface area contributed by atoms with E-state index in [2.05, 4.69) is 5.32 Å². The lowest BCUT2D eigenvalue weighted by atomic mass is 10.2. The molecule has 0 aliphatic rings. The van der Waals surface area contributed by atoms with Crippen LogP contribution in [0.5, 0.6) is 0 Å². The van der Waals surface area contributed by atoms with E-state index in [4.69, 9.17) is 5.11 Å². The number of carbonyl (C=O) groups excluding carboxylic acids is 1. The van der Waals surface area contributed by atoms with Crippen molar-refractivity contribution in [2.45, 2.75) is 26.2 Å². The van der Waals surface area contributed by atoms with Crippen molar-refractivity contribution in [3.05, 3.63) is 29.6 Å². The summed E-state index contributed by atoms with van der Waals surface area (Å²) >= 11 is 0. The monoisotopic (exact) mass is 239 g/mol. The van der Waals surface area contributed by atoms with Gasteiger partial charge in [0, 0.05) is 12.8 Å². The van der Waals surface area contributed by atoms with Crippen LogP contribution in [-0.2, 0) is 9.59 Å². The van der Waals surface area contributed by atoms with Gasteiger partial charge in [0.15, 0.2) is 0 Å². The Balaban J connectivity index is 2.48. The number of hydrogen-bond acceptors (Lipinski definition) is 2. The summed E-state index contributed by atoms with van der Waals surface area (Å²) in [4.78, 5) is 21.6. The summed E-state index contributed by atoms with van der Waals surface area (Å²) in [6, 6.07) is 4.50. The van der Waals surface area contributed by atoms with E-state index in [1.807, 2.05) is 0 Å². The topological polar surface area (TPSA) is 66.4 Å². The number of amides is 1. The number of rotatable bonds is 5. The maximum absolute atomic E-state index is 13.4. The van der Waals surface area contributed by atoms with Gasteiger partial charge in [-0.1, -0.05) is 6.07 Å². The maximum atomic E-state index is 13.4. The molecule has 0 bridgehead atoms. The van der Waals surface area contributed by atoms with Gasteiger partial charge in [-0.3, -0.25) is 9.59 Å². The second-order valence-corrected chi connectivity index (χ2v) is 3.78. The molecule has 1 aromatic rings. The third kappa shape index (κ3) is 4.63. The van der Waals surface area contributed by atoms with Crippen LogP contribution >= 0.6 is 0 Å². The molecule has 0 aliphatic heterocycles. The fraction of sp³-hybridized carbons (Fsp3) is 0.333. The van der Waals surface area contributed by atoms with Crippen molar-refractivity contribution < 1.29 is 19.1 Å². The molecule has 0 aliphatic carbocycles. The fourth-order valence-corrected chi connectivity index (χ4v) is 1.33. The zero-order valence-electron chi connectivity index (χ0n) is 9.50. The first-order chi connectivity index (χ1) is 7.99. The molecule has 0 saturated heterocycles. The summed E-state index contributed by atoms with van der Waals surface area (Å²) in [5.41, 5.74) is 0.891. The Kier molecular flexibility index (Phi) is 4.63. The highest BCUT2D eigenvalue weighted by Crippen LogP contribution is 2.15. The first-order valence-corrected chi connectivity index (χ1v) is 5.27. The normalized spacial score (nSPS) is 10.0. The van der Waals surface area contributed by atoms with Crippen LogP contribution in [0.4, 0.5) is 10.1 Å². The largest absolute Gasteiger partial charge is 0.481 e. The van der Waals surface area contributed by atoms with Gasteiger partial charge in [0.2, 0.25) is 5.91 Å². The van der Waals surface area contributed by atoms with Gasteiger partial charge in [-0.15, -0.1) is 0 Å². The molecule has 0 fully saturated rings. The van der Waals surface area contributed by atoms with E-state index >= 15 is 0 Å². The van der Waals surface area contributed by atoms with Crippen LogP contribution in [0.1, 0.15) is 24.8 Å². The molecule has 4 nitrogen and oxygen atoms in total. The summed E-state index contributed by atoms with van der Waals surface area (Å²) in [5, 5.41) is 10.8. The third-order valence-corrected chi connectivity index (χ3v) is 2.19. The van der Waals surface area contributed by atoms with E-state index in [-0.39, 0.29) is 30.9 Å². The summed E-state index contributed by atoms with van der Waals surface area (Å²) < 4.78 is 13.4. The quantitative estimate of drug-likeness (QED) is 0.828. The number of hydrogen-bond donors (Lipinski definition) is 2. The lowest BCUT2D eigenvalue weighted by Crippen LogP contribution is -2.13. The molecule has 5 heteroatoms. The minimum Gasteiger partial charge on any atom is -0.481 e. The molecular formula is C12H14FNO3. The van der Waals surface area contributed by atoms with Gasteiger partial charge in [0.25, 0.3) is 0 Å². The molecule has 92 valence electrons. The van der Waals surface area contributed by atoms with E-state index in [1.165, 1.54) is 12.1 Å². The standard InChI is InChI=1S/C12H14FNO3/c1-8-5-6-10(9(13)7-8)14-11(15)3-2-4-12(16)17/h5-7H,2-4H2,1H3,(H,14,15)(H,16,17). The molecule has 0 aromatic heterocycles. The molecular weight excluding hydrogens is 225 g/mol. The summed E-state index contributed by atoms with van der Waals surface area (Å²) in [5.74, 6) is -1.81. The zero-order valence-corrected chi connectivity index (χ0v) is 9.50. The van der Waals surface area contributed by atoms with Crippen LogP contribution in [0.25, 0.3) is 0 Å². The van der Waals surface area contributed by atoms with Gasteiger partial charge in [-0.05, 0) is 31.0 Å². The Morgan fingerprint density at radius 1 is 1.35 bits per heavy atom. The highest BCUT2D eigenvalue weighted by molar-refractivity contribution is 5.91. The number of nitrogens with one attached hydrogen (secondary N) is 1. The molecule has 17 heavy (non-hydrogen) atoms. The van der Waals surface area contributed by atoms with Crippen molar-refractivity contribution in [1.82, 2.24) is 0 Å². The molecule has 1 amide bonds. The molecule has 0 spiro atoms. The average molecular weight is 239 g/mol. The molecule has 0 radical (unpaired) electrons. The number of carbonyl (C=O) groups is 2. The van der Waals surface area contributed by atoms with E-state index in [1.54, 1.807) is 13.0 Å². The van der Waals surface area contributed by atoms with Gasteiger partial charge >= 0.3 is 5.97 Å². The smallest absolute Gasteiger partial charge is 0.303 e. The Morgan fingerprint density at radius 2 is 2.06 bits per heavy atom. The van der Waals surface area contributed by atoms with Crippen LogP contribution in [0.2, 0.25) is 0 Å². The number of aryl methyl sites for hydroxylation is 1. The van der Waals surface area contributed by atoms with Crippen molar-refractivity contribution >= 4 is 17.6 Å². The number of carboxylic acid groups (broad SMARTS) is 1. The number of anilines is 1. The van der Waals surface area contributed by atoms with Crippen LogP contribution in [-0.4, -0.2) is 17.0 Å². The molecule has 0 heterocycles. The minimum absolute atomic E-state index is 0.0657. The Labute approximate surface area is 98.5 Å².